The summed E-state index contributed by atoms with van der Waals surface area (Å²) in [6, 6.07) is 0.147. The molecule has 1 amide bonds. The Balaban J connectivity index is 2.44. The van der Waals surface area contributed by atoms with Crippen LogP contribution >= 0.6 is 0 Å². The van der Waals surface area contributed by atoms with Crippen LogP contribution in [0.15, 0.2) is 4.99 Å². The van der Waals surface area contributed by atoms with Crippen molar-refractivity contribution in [3.63, 3.8) is 0 Å². The van der Waals surface area contributed by atoms with Gasteiger partial charge in [-0.3, -0.25) is 14.6 Å². The molecule has 1 heterocycles. The van der Waals surface area contributed by atoms with Crippen LogP contribution < -0.4 is 10.6 Å². The zero-order valence-electron chi connectivity index (χ0n) is 14.7. The number of hydrogen-bond acceptors (Lipinski definition) is 4. The summed E-state index contributed by atoms with van der Waals surface area (Å²) in [4.78, 5) is 29.9. The number of hydrogen-bond donors (Lipinski definition) is 2. The Bertz CT molecular complexity index is 424. The molecule has 0 aliphatic carbocycles. The highest BCUT2D eigenvalue weighted by Crippen LogP contribution is 2.18. The molecule has 2 N–H and O–H groups in total. The van der Waals surface area contributed by atoms with Crippen LogP contribution in [0, 0.1) is 5.92 Å². The minimum Gasteiger partial charge on any atom is -0.466 e. The van der Waals surface area contributed by atoms with E-state index in [1.54, 1.807) is 7.05 Å². The van der Waals surface area contributed by atoms with E-state index in [-0.39, 0.29) is 23.8 Å². The van der Waals surface area contributed by atoms with Crippen molar-refractivity contribution in [2.75, 3.05) is 33.3 Å². The molecule has 23 heavy (non-hydrogen) atoms. The standard InChI is InChI=1S/C16H30N4O3/c1-5-23-15(22)13-7-6-10-20(11-13)16(17-4)18-9-8-14(21)19-12(2)3/h12-13H,5-11H2,1-4H3,(H,17,18)(H,19,21). The Morgan fingerprint density at radius 1 is 1.39 bits per heavy atom. The summed E-state index contributed by atoms with van der Waals surface area (Å²) >= 11 is 0. The summed E-state index contributed by atoms with van der Waals surface area (Å²) in [7, 11) is 1.71. The number of ether oxygens (including phenoxy) is 1. The third-order valence-corrected chi connectivity index (χ3v) is 3.64. The summed E-state index contributed by atoms with van der Waals surface area (Å²) in [6.45, 7) is 8.09. The molecule has 1 fully saturated rings. The number of aliphatic imine (C=N–C) groups is 1. The minimum atomic E-state index is -0.135. The molecule has 0 aromatic heterocycles. The van der Waals surface area contributed by atoms with Crippen LogP contribution in [-0.4, -0.2) is 62.1 Å². The van der Waals surface area contributed by atoms with Gasteiger partial charge >= 0.3 is 5.97 Å². The number of esters is 1. The van der Waals surface area contributed by atoms with E-state index in [2.05, 4.69) is 20.5 Å². The number of rotatable bonds is 6. The van der Waals surface area contributed by atoms with E-state index in [1.807, 2.05) is 20.8 Å². The van der Waals surface area contributed by atoms with E-state index in [0.717, 1.165) is 25.3 Å². The van der Waals surface area contributed by atoms with Crippen LogP contribution in [0.25, 0.3) is 0 Å². The van der Waals surface area contributed by atoms with E-state index in [0.29, 0.717) is 26.1 Å². The number of piperidine rings is 1. The molecule has 0 bridgehead atoms. The summed E-state index contributed by atoms with van der Waals surface area (Å²) < 4.78 is 5.11. The Labute approximate surface area is 138 Å². The number of nitrogens with zero attached hydrogens (tertiary/aromatic N) is 2. The highest BCUT2D eigenvalue weighted by Gasteiger charge is 2.28. The first-order valence-electron chi connectivity index (χ1n) is 8.39. The molecule has 132 valence electrons. The number of nitrogens with one attached hydrogen (secondary N) is 2. The maximum absolute atomic E-state index is 11.9. The second kappa shape index (κ2) is 10.1. The van der Waals surface area contributed by atoms with Crippen molar-refractivity contribution in [3.05, 3.63) is 0 Å². The first-order chi connectivity index (χ1) is 11.0. The molecule has 7 nitrogen and oxygen atoms in total. The summed E-state index contributed by atoms with van der Waals surface area (Å²) in [5.74, 6) is 0.512. The van der Waals surface area contributed by atoms with Crippen molar-refractivity contribution in [3.8, 4) is 0 Å². The summed E-state index contributed by atoms with van der Waals surface area (Å²) in [6.07, 6.45) is 2.17. The number of likely N-dealkylation sites (tertiary alicyclic amines) is 1. The smallest absolute Gasteiger partial charge is 0.310 e. The van der Waals surface area contributed by atoms with E-state index in [1.165, 1.54) is 0 Å². The van der Waals surface area contributed by atoms with Gasteiger partial charge in [0.1, 0.15) is 0 Å². The fourth-order valence-electron chi connectivity index (χ4n) is 2.64. The van der Waals surface area contributed by atoms with Gasteiger partial charge < -0.3 is 20.3 Å². The Morgan fingerprint density at radius 2 is 2.13 bits per heavy atom. The average molecular weight is 326 g/mol. The molecular weight excluding hydrogens is 296 g/mol. The zero-order chi connectivity index (χ0) is 17.2. The second-order valence-electron chi connectivity index (χ2n) is 5.98. The lowest BCUT2D eigenvalue weighted by molar-refractivity contribution is -0.149. The van der Waals surface area contributed by atoms with E-state index >= 15 is 0 Å². The largest absolute Gasteiger partial charge is 0.466 e. The minimum absolute atomic E-state index is 0.0194. The van der Waals surface area contributed by atoms with Gasteiger partial charge in [0.05, 0.1) is 12.5 Å². The van der Waals surface area contributed by atoms with Crippen LogP contribution in [0.4, 0.5) is 0 Å². The molecule has 0 saturated carbocycles. The molecule has 1 saturated heterocycles. The van der Waals surface area contributed by atoms with Gasteiger partial charge in [0.15, 0.2) is 5.96 Å². The van der Waals surface area contributed by atoms with Gasteiger partial charge in [0.2, 0.25) is 5.91 Å². The number of carbonyl (C=O) groups is 2. The Morgan fingerprint density at radius 3 is 2.74 bits per heavy atom. The van der Waals surface area contributed by atoms with Gasteiger partial charge in [-0.2, -0.15) is 0 Å². The topological polar surface area (TPSA) is 83.0 Å². The highest BCUT2D eigenvalue weighted by molar-refractivity contribution is 5.82. The second-order valence-corrected chi connectivity index (χ2v) is 5.98. The Hall–Kier alpha value is -1.79. The predicted molar refractivity (Wildman–Crippen MR) is 90.2 cm³/mol. The maximum Gasteiger partial charge on any atom is 0.310 e. The van der Waals surface area contributed by atoms with E-state index < -0.39 is 0 Å². The molecule has 1 atom stereocenters. The van der Waals surface area contributed by atoms with Gasteiger partial charge in [-0.1, -0.05) is 0 Å². The molecule has 1 aliphatic rings. The average Bonchev–Trinajstić information content (AvgIpc) is 2.51. The normalized spacial score (nSPS) is 18.7. The molecule has 1 aliphatic heterocycles. The third kappa shape index (κ3) is 6.88. The van der Waals surface area contributed by atoms with Crippen molar-refractivity contribution < 1.29 is 14.3 Å². The van der Waals surface area contributed by atoms with Crippen LogP contribution in [0.2, 0.25) is 0 Å². The third-order valence-electron chi connectivity index (χ3n) is 3.64. The SMILES string of the molecule is CCOC(=O)C1CCCN(C(=NC)NCCC(=O)NC(C)C)C1. The van der Waals surface area contributed by atoms with Crippen LogP contribution in [-0.2, 0) is 14.3 Å². The lowest BCUT2D eigenvalue weighted by Crippen LogP contribution is -2.48. The first-order valence-corrected chi connectivity index (χ1v) is 8.39. The van der Waals surface area contributed by atoms with Gasteiger partial charge in [0.25, 0.3) is 0 Å². The fourth-order valence-corrected chi connectivity index (χ4v) is 2.64. The zero-order valence-corrected chi connectivity index (χ0v) is 14.7. The van der Waals surface area contributed by atoms with Crippen molar-refractivity contribution in [2.24, 2.45) is 10.9 Å². The van der Waals surface area contributed by atoms with Crippen LogP contribution in [0.1, 0.15) is 40.0 Å². The molecule has 1 rings (SSSR count). The molecular formula is C16H30N4O3. The lowest BCUT2D eigenvalue weighted by atomic mass is 9.98. The molecule has 1 unspecified atom stereocenters. The van der Waals surface area contributed by atoms with Gasteiger partial charge in [-0.25, -0.2) is 0 Å². The summed E-state index contributed by atoms with van der Waals surface area (Å²) in [5.41, 5.74) is 0. The van der Waals surface area contributed by atoms with Crippen LogP contribution in [0.5, 0.6) is 0 Å². The van der Waals surface area contributed by atoms with Gasteiger partial charge in [0, 0.05) is 39.1 Å². The Kier molecular flexibility index (Phi) is 8.43. The number of amides is 1. The summed E-state index contributed by atoms with van der Waals surface area (Å²) in [5, 5.41) is 6.05. The number of guanidine groups is 1. The quantitative estimate of drug-likeness (QED) is 0.428. The molecule has 0 aromatic carbocycles. The van der Waals surface area contributed by atoms with Gasteiger partial charge in [-0.05, 0) is 33.6 Å². The van der Waals surface area contributed by atoms with Crippen LogP contribution in [0.3, 0.4) is 0 Å². The molecule has 0 radical (unpaired) electrons. The maximum atomic E-state index is 11.9. The first kappa shape index (κ1) is 19.3. The van der Waals surface area contributed by atoms with Gasteiger partial charge in [-0.15, -0.1) is 0 Å². The predicted octanol–water partition coefficient (Wildman–Crippen LogP) is 0.752. The van der Waals surface area contributed by atoms with E-state index in [9.17, 15) is 9.59 Å². The lowest BCUT2D eigenvalue weighted by Gasteiger charge is -2.33. The molecule has 0 aromatic rings. The number of carbonyl (C=O) groups excluding carboxylic acids is 2. The van der Waals surface area contributed by atoms with Crippen molar-refractivity contribution in [2.45, 2.75) is 46.1 Å². The van der Waals surface area contributed by atoms with Crippen molar-refractivity contribution >= 4 is 17.8 Å². The van der Waals surface area contributed by atoms with Crippen molar-refractivity contribution in [1.29, 1.82) is 0 Å². The monoisotopic (exact) mass is 326 g/mol. The molecule has 7 heteroatoms. The van der Waals surface area contributed by atoms with Crippen molar-refractivity contribution in [1.82, 2.24) is 15.5 Å². The fraction of sp³-hybridized carbons (Fsp3) is 0.812. The highest BCUT2D eigenvalue weighted by atomic mass is 16.5. The van der Waals surface area contributed by atoms with E-state index in [4.69, 9.17) is 4.74 Å². The molecule has 0 spiro atoms.